The molecular weight excluding hydrogens is 356 g/mol. The van der Waals surface area contributed by atoms with Crippen LogP contribution in [-0.2, 0) is 16.0 Å². The predicted octanol–water partition coefficient (Wildman–Crippen LogP) is 2.08. The molecule has 0 radical (unpaired) electrons. The van der Waals surface area contributed by atoms with Crippen LogP contribution in [-0.4, -0.2) is 56.9 Å². The first kappa shape index (κ1) is 22.2. The van der Waals surface area contributed by atoms with Crippen LogP contribution in [0, 0.1) is 0 Å². The molecule has 3 N–H and O–H groups in total. The molecule has 28 heavy (non-hydrogen) atoms. The molecule has 0 aliphatic carbocycles. The quantitative estimate of drug-likeness (QED) is 0.444. The minimum absolute atomic E-state index is 0.0757. The van der Waals surface area contributed by atoms with Crippen LogP contribution < -0.4 is 16.0 Å². The summed E-state index contributed by atoms with van der Waals surface area (Å²) < 4.78 is 11.0. The van der Waals surface area contributed by atoms with Gasteiger partial charge in [-0.2, -0.15) is 0 Å². The van der Waals surface area contributed by atoms with E-state index in [-0.39, 0.29) is 17.6 Å². The van der Waals surface area contributed by atoms with Gasteiger partial charge in [-0.1, -0.05) is 12.1 Å². The summed E-state index contributed by atoms with van der Waals surface area (Å²) in [5.41, 5.74) is 1.34. The molecule has 0 aromatic heterocycles. The monoisotopic (exact) mass is 390 g/mol. The summed E-state index contributed by atoms with van der Waals surface area (Å²) in [5.74, 6) is 0.647. The number of rotatable bonds is 9. The largest absolute Gasteiger partial charge is 0.377 e. The minimum atomic E-state index is -0.281. The van der Waals surface area contributed by atoms with Gasteiger partial charge in [0, 0.05) is 38.9 Å². The van der Waals surface area contributed by atoms with Crippen molar-refractivity contribution < 1.29 is 14.3 Å². The molecule has 0 bridgehead atoms. The number of benzene rings is 1. The van der Waals surface area contributed by atoms with Crippen LogP contribution >= 0.6 is 0 Å². The van der Waals surface area contributed by atoms with Crippen LogP contribution in [0.2, 0.25) is 0 Å². The highest BCUT2D eigenvalue weighted by molar-refractivity contribution is 5.94. The smallest absolute Gasteiger partial charge is 0.251 e. The second kappa shape index (κ2) is 11.0. The summed E-state index contributed by atoms with van der Waals surface area (Å²) in [6.07, 6.45) is 2.22. The Hall–Kier alpha value is -2.12. The van der Waals surface area contributed by atoms with Crippen LogP contribution in [0.4, 0.5) is 0 Å². The van der Waals surface area contributed by atoms with Crippen molar-refractivity contribution in [1.82, 2.24) is 16.0 Å². The molecular formula is C21H34N4O3. The van der Waals surface area contributed by atoms with E-state index in [1.807, 2.05) is 45.0 Å². The number of ether oxygens (including phenoxy) is 2. The second-order valence-electron chi connectivity index (χ2n) is 7.56. The zero-order chi connectivity index (χ0) is 20.4. The number of nitrogens with one attached hydrogen (secondary N) is 3. The van der Waals surface area contributed by atoms with Gasteiger partial charge in [-0.05, 0) is 51.3 Å². The lowest BCUT2D eigenvalue weighted by molar-refractivity contribution is 0.0268. The first-order valence-corrected chi connectivity index (χ1v) is 9.99. The number of guanidine groups is 1. The van der Waals surface area contributed by atoms with Crippen LogP contribution in [0.25, 0.3) is 0 Å². The Kier molecular flexibility index (Phi) is 8.73. The molecule has 1 aromatic rings. The van der Waals surface area contributed by atoms with E-state index >= 15 is 0 Å². The fourth-order valence-corrected chi connectivity index (χ4v) is 2.81. The van der Waals surface area contributed by atoms with E-state index in [2.05, 4.69) is 20.9 Å². The fraction of sp³-hybridized carbons (Fsp3) is 0.619. The molecule has 1 aliphatic heterocycles. The van der Waals surface area contributed by atoms with Crippen LogP contribution in [0.15, 0.2) is 29.3 Å². The number of hydrogen-bond acceptors (Lipinski definition) is 4. The summed E-state index contributed by atoms with van der Waals surface area (Å²) in [6, 6.07) is 7.57. The Morgan fingerprint density at radius 2 is 2.14 bits per heavy atom. The summed E-state index contributed by atoms with van der Waals surface area (Å²) in [4.78, 5) is 17.0. The van der Waals surface area contributed by atoms with Crippen molar-refractivity contribution >= 4 is 11.9 Å². The topological polar surface area (TPSA) is 84.0 Å². The van der Waals surface area contributed by atoms with Crippen molar-refractivity contribution in [2.24, 2.45) is 4.99 Å². The third-order valence-corrected chi connectivity index (χ3v) is 4.70. The van der Waals surface area contributed by atoms with Gasteiger partial charge in [0.2, 0.25) is 0 Å². The first-order chi connectivity index (χ1) is 13.4. The highest BCUT2D eigenvalue weighted by Crippen LogP contribution is 2.12. The van der Waals surface area contributed by atoms with Gasteiger partial charge in [0.1, 0.15) is 0 Å². The first-order valence-electron chi connectivity index (χ1n) is 9.99. The molecule has 1 aromatic carbocycles. The maximum atomic E-state index is 12.4. The minimum Gasteiger partial charge on any atom is -0.377 e. The predicted molar refractivity (Wildman–Crippen MR) is 112 cm³/mol. The van der Waals surface area contributed by atoms with Crippen LogP contribution in [0.1, 0.15) is 49.5 Å². The lowest BCUT2D eigenvalue weighted by Crippen LogP contribution is -2.45. The molecule has 1 amide bonds. The van der Waals surface area contributed by atoms with Crippen molar-refractivity contribution in [3.05, 3.63) is 35.4 Å². The molecule has 156 valence electrons. The Morgan fingerprint density at radius 3 is 2.82 bits per heavy atom. The number of amides is 1. The molecule has 2 rings (SSSR count). The maximum absolute atomic E-state index is 12.4. The van der Waals surface area contributed by atoms with Gasteiger partial charge < -0.3 is 25.4 Å². The number of methoxy groups -OCH3 is 1. The van der Waals surface area contributed by atoms with E-state index in [4.69, 9.17) is 9.47 Å². The lowest BCUT2D eigenvalue weighted by Gasteiger charge is -2.24. The number of hydrogen-bond donors (Lipinski definition) is 3. The lowest BCUT2D eigenvalue weighted by atomic mass is 10.1. The fourth-order valence-electron chi connectivity index (χ4n) is 2.81. The molecule has 1 atom stereocenters. The summed E-state index contributed by atoms with van der Waals surface area (Å²) in [6.45, 7) is 9.30. The van der Waals surface area contributed by atoms with Gasteiger partial charge in [-0.25, -0.2) is 4.99 Å². The van der Waals surface area contributed by atoms with Crippen molar-refractivity contribution in [2.75, 3.05) is 33.4 Å². The molecule has 1 unspecified atom stereocenters. The Labute approximate surface area is 168 Å². The molecule has 7 nitrogen and oxygen atoms in total. The molecule has 7 heteroatoms. The molecule has 1 fully saturated rings. The normalized spacial score (nSPS) is 17.4. The summed E-state index contributed by atoms with van der Waals surface area (Å²) in [7, 11) is 1.70. The van der Waals surface area contributed by atoms with E-state index in [1.54, 1.807) is 7.11 Å². The highest BCUT2D eigenvalue weighted by Gasteiger charge is 2.17. The highest BCUT2D eigenvalue weighted by atomic mass is 16.5. The summed E-state index contributed by atoms with van der Waals surface area (Å²) in [5, 5.41) is 9.48. The van der Waals surface area contributed by atoms with Crippen LogP contribution in [0.5, 0.6) is 0 Å². The van der Waals surface area contributed by atoms with Gasteiger partial charge in [0.25, 0.3) is 5.91 Å². The van der Waals surface area contributed by atoms with Gasteiger partial charge in [-0.3, -0.25) is 4.79 Å². The number of nitrogens with zero attached hydrogens (tertiary/aromatic N) is 1. The zero-order valence-electron chi connectivity index (χ0n) is 17.5. The van der Waals surface area contributed by atoms with Gasteiger partial charge in [-0.15, -0.1) is 0 Å². The van der Waals surface area contributed by atoms with E-state index in [0.717, 1.165) is 37.5 Å². The Bertz CT molecular complexity index is 655. The van der Waals surface area contributed by atoms with Gasteiger partial charge in [0.15, 0.2) is 5.96 Å². The molecule has 1 aliphatic rings. The van der Waals surface area contributed by atoms with E-state index in [0.29, 0.717) is 25.2 Å². The van der Waals surface area contributed by atoms with E-state index in [1.165, 1.54) is 0 Å². The maximum Gasteiger partial charge on any atom is 0.251 e. The standard InChI is InChI=1S/C21H34N4O3/c1-5-22-20(25-15-21(2,3)27-4)24-13-16-8-6-9-17(12-16)19(26)23-14-18-10-7-11-28-18/h6,8-9,12,18H,5,7,10-11,13-15H2,1-4H3,(H,23,26)(H2,22,24,25). The Balaban J connectivity index is 1.93. The molecule has 0 saturated carbocycles. The van der Waals surface area contributed by atoms with E-state index in [9.17, 15) is 4.79 Å². The Morgan fingerprint density at radius 1 is 1.32 bits per heavy atom. The van der Waals surface area contributed by atoms with Gasteiger partial charge >= 0.3 is 0 Å². The van der Waals surface area contributed by atoms with Crippen LogP contribution in [0.3, 0.4) is 0 Å². The number of aliphatic imine (C=N–C) groups is 1. The van der Waals surface area contributed by atoms with Gasteiger partial charge in [0.05, 0.1) is 18.2 Å². The SMILES string of the molecule is CCNC(=NCc1cccc(C(=O)NCC2CCCO2)c1)NCC(C)(C)OC. The second-order valence-corrected chi connectivity index (χ2v) is 7.56. The molecule has 1 heterocycles. The summed E-state index contributed by atoms with van der Waals surface area (Å²) >= 11 is 0. The van der Waals surface area contributed by atoms with Crippen molar-refractivity contribution in [2.45, 2.75) is 51.9 Å². The third-order valence-electron chi connectivity index (χ3n) is 4.70. The average Bonchev–Trinajstić information content (AvgIpc) is 3.22. The molecule has 0 spiro atoms. The van der Waals surface area contributed by atoms with Crippen molar-refractivity contribution in [3.8, 4) is 0 Å². The zero-order valence-corrected chi connectivity index (χ0v) is 17.5. The number of carbonyl (C=O) groups excluding carboxylic acids is 1. The van der Waals surface area contributed by atoms with E-state index < -0.39 is 0 Å². The number of carbonyl (C=O) groups is 1. The van der Waals surface area contributed by atoms with Crippen molar-refractivity contribution in [3.63, 3.8) is 0 Å². The average molecular weight is 391 g/mol. The molecule has 1 saturated heterocycles. The third kappa shape index (κ3) is 7.48. The van der Waals surface area contributed by atoms with Crippen molar-refractivity contribution in [1.29, 1.82) is 0 Å².